The van der Waals surface area contributed by atoms with Gasteiger partial charge in [0.15, 0.2) is 16.4 Å². The molecule has 138 valence electrons. The molecule has 2 saturated heterocycles. The van der Waals surface area contributed by atoms with Crippen molar-refractivity contribution in [2.45, 2.75) is 45.3 Å². The largest absolute Gasteiger partial charge is 0.486 e. The summed E-state index contributed by atoms with van der Waals surface area (Å²) in [6.07, 6.45) is -0.604. The molecule has 0 radical (unpaired) electrons. The van der Waals surface area contributed by atoms with Crippen LogP contribution in [0, 0.1) is 18.6 Å². The normalized spacial score (nSPS) is 24.9. The summed E-state index contributed by atoms with van der Waals surface area (Å²) in [5, 5.41) is 4.60. The minimum Gasteiger partial charge on any atom is -0.486 e. The minimum absolute atomic E-state index is 0.0655. The van der Waals surface area contributed by atoms with Crippen molar-refractivity contribution in [2.75, 3.05) is 6.61 Å². The number of hydrogen-bond donors (Lipinski definition) is 0. The van der Waals surface area contributed by atoms with Gasteiger partial charge in [0.2, 0.25) is 6.29 Å². The quantitative estimate of drug-likeness (QED) is 0.765. The SMILES string of the molecule is Cc1ccc(OCc2nn([C@@H]3CC(=O)[C@@H]4OC[C@H]3O4)c(=S)n2C)cc1C. The molecule has 2 bridgehead atoms. The van der Waals surface area contributed by atoms with E-state index in [0.29, 0.717) is 30.2 Å². The molecule has 0 amide bonds. The van der Waals surface area contributed by atoms with Gasteiger partial charge in [0, 0.05) is 13.5 Å². The Kier molecular flexibility index (Phi) is 4.42. The minimum atomic E-state index is -0.721. The first-order valence-electron chi connectivity index (χ1n) is 8.58. The van der Waals surface area contributed by atoms with E-state index < -0.39 is 6.29 Å². The van der Waals surface area contributed by atoms with Crippen molar-refractivity contribution in [3.63, 3.8) is 0 Å². The standard InChI is InChI=1S/C18H21N3O4S/c1-10-4-5-12(6-11(10)2)23-9-16-19-21(18(26)20(16)3)13-7-14(22)17-24-8-15(13)25-17/h4-6,13,15,17H,7-9H2,1-3H3/t13-,15-,17-/m1/s1. The highest BCUT2D eigenvalue weighted by Gasteiger charge is 2.45. The number of nitrogens with zero attached hydrogens (tertiary/aromatic N) is 3. The molecule has 1 aromatic carbocycles. The lowest BCUT2D eigenvalue weighted by Gasteiger charge is -2.26. The zero-order chi connectivity index (χ0) is 18.4. The van der Waals surface area contributed by atoms with Crippen molar-refractivity contribution in [1.82, 2.24) is 14.3 Å². The maximum Gasteiger partial charge on any atom is 0.218 e. The topological polar surface area (TPSA) is 67.5 Å². The number of ketones is 1. The number of benzene rings is 1. The molecule has 2 fully saturated rings. The number of ether oxygens (including phenoxy) is 3. The molecule has 2 aromatic rings. The van der Waals surface area contributed by atoms with Crippen molar-refractivity contribution in [3.05, 3.63) is 39.9 Å². The first kappa shape index (κ1) is 17.4. The van der Waals surface area contributed by atoms with Crippen molar-refractivity contribution in [1.29, 1.82) is 0 Å². The molecule has 26 heavy (non-hydrogen) atoms. The van der Waals surface area contributed by atoms with E-state index in [1.165, 1.54) is 11.1 Å². The van der Waals surface area contributed by atoms with Crippen LogP contribution in [0.3, 0.4) is 0 Å². The van der Waals surface area contributed by atoms with Crippen LogP contribution in [0.5, 0.6) is 5.75 Å². The van der Waals surface area contributed by atoms with Gasteiger partial charge in [-0.25, -0.2) is 4.68 Å². The molecule has 2 aliphatic heterocycles. The second-order valence-electron chi connectivity index (χ2n) is 6.81. The van der Waals surface area contributed by atoms with Crippen molar-refractivity contribution >= 4 is 18.0 Å². The zero-order valence-electron chi connectivity index (χ0n) is 15.0. The lowest BCUT2D eigenvalue weighted by Crippen LogP contribution is -2.37. The number of aromatic nitrogens is 3. The molecule has 0 N–H and O–H groups in total. The summed E-state index contributed by atoms with van der Waals surface area (Å²) in [6.45, 7) is 4.79. The van der Waals surface area contributed by atoms with Crippen LogP contribution in [0.4, 0.5) is 0 Å². The fourth-order valence-electron chi connectivity index (χ4n) is 3.26. The Morgan fingerprint density at radius 2 is 2.15 bits per heavy atom. The fraction of sp³-hybridized carbons (Fsp3) is 0.500. The molecule has 0 spiro atoms. The van der Waals surface area contributed by atoms with E-state index in [0.717, 1.165) is 5.75 Å². The van der Waals surface area contributed by atoms with Crippen LogP contribution in [0.2, 0.25) is 0 Å². The number of aryl methyl sites for hydroxylation is 2. The van der Waals surface area contributed by atoms with Gasteiger partial charge in [-0.3, -0.25) is 4.79 Å². The Morgan fingerprint density at radius 3 is 2.92 bits per heavy atom. The highest BCUT2D eigenvalue weighted by atomic mass is 32.1. The van der Waals surface area contributed by atoms with Gasteiger partial charge >= 0.3 is 0 Å². The van der Waals surface area contributed by atoms with Crippen molar-refractivity contribution < 1.29 is 19.0 Å². The van der Waals surface area contributed by atoms with Gasteiger partial charge in [-0.05, 0) is 49.3 Å². The van der Waals surface area contributed by atoms with E-state index in [2.05, 4.69) is 18.9 Å². The number of carbonyl (C=O) groups excluding carboxylic acids is 1. The van der Waals surface area contributed by atoms with Crippen LogP contribution in [0.15, 0.2) is 18.2 Å². The van der Waals surface area contributed by atoms with Crippen LogP contribution >= 0.6 is 12.2 Å². The Balaban J connectivity index is 1.55. The van der Waals surface area contributed by atoms with Gasteiger partial charge in [-0.1, -0.05) is 6.07 Å². The van der Waals surface area contributed by atoms with Crippen LogP contribution < -0.4 is 4.74 Å². The summed E-state index contributed by atoms with van der Waals surface area (Å²) in [5.74, 6) is 1.42. The number of rotatable bonds is 4. The average Bonchev–Trinajstić information content (AvgIpc) is 3.17. The second kappa shape index (κ2) is 6.61. The maximum atomic E-state index is 12.1. The van der Waals surface area contributed by atoms with Crippen molar-refractivity contribution in [3.8, 4) is 5.75 Å². The third-order valence-electron chi connectivity index (χ3n) is 5.07. The average molecular weight is 375 g/mol. The lowest BCUT2D eigenvalue weighted by molar-refractivity contribution is -0.156. The Labute approximate surface area is 156 Å². The molecule has 3 heterocycles. The van der Waals surface area contributed by atoms with Crippen LogP contribution in [0.25, 0.3) is 0 Å². The molecule has 1 aromatic heterocycles. The molecule has 0 unspecified atom stereocenters. The van der Waals surface area contributed by atoms with Gasteiger partial charge in [0.05, 0.1) is 12.6 Å². The lowest BCUT2D eigenvalue weighted by atomic mass is 10.0. The summed E-state index contributed by atoms with van der Waals surface area (Å²) in [7, 11) is 1.85. The third-order valence-corrected chi connectivity index (χ3v) is 5.53. The summed E-state index contributed by atoms with van der Waals surface area (Å²) >= 11 is 5.52. The third kappa shape index (κ3) is 2.98. The molecular weight excluding hydrogens is 354 g/mol. The van der Waals surface area contributed by atoms with Crippen LogP contribution in [-0.4, -0.2) is 39.1 Å². The smallest absolute Gasteiger partial charge is 0.218 e. The summed E-state index contributed by atoms with van der Waals surface area (Å²) < 4.78 is 20.9. The first-order chi connectivity index (χ1) is 12.4. The fourth-order valence-corrected chi connectivity index (χ4v) is 3.54. The van der Waals surface area contributed by atoms with Gasteiger partial charge in [-0.2, -0.15) is 5.10 Å². The van der Waals surface area contributed by atoms with E-state index >= 15 is 0 Å². The second-order valence-corrected chi connectivity index (χ2v) is 7.18. The zero-order valence-corrected chi connectivity index (χ0v) is 15.8. The molecule has 7 nitrogen and oxygen atoms in total. The van der Waals surface area contributed by atoms with E-state index in [9.17, 15) is 4.79 Å². The molecule has 2 aliphatic rings. The number of carbonyl (C=O) groups is 1. The highest BCUT2D eigenvalue weighted by Crippen LogP contribution is 2.33. The van der Waals surface area contributed by atoms with Gasteiger partial charge in [0.1, 0.15) is 18.5 Å². The molecular formula is C18H21N3O4S. The van der Waals surface area contributed by atoms with Crippen LogP contribution in [-0.2, 0) is 27.9 Å². The number of hydrogen-bond acceptors (Lipinski definition) is 6. The van der Waals surface area contributed by atoms with E-state index in [1.54, 1.807) is 4.68 Å². The number of Topliss-reactive ketones (excluding diaryl/α,β-unsaturated/α-hetero) is 1. The predicted octanol–water partition coefficient (Wildman–Crippen LogP) is 2.40. The molecule has 8 heteroatoms. The van der Waals surface area contributed by atoms with E-state index in [1.807, 2.05) is 29.8 Å². The predicted molar refractivity (Wildman–Crippen MR) is 95.6 cm³/mol. The van der Waals surface area contributed by atoms with Gasteiger partial charge in [0.25, 0.3) is 0 Å². The highest BCUT2D eigenvalue weighted by molar-refractivity contribution is 7.71. The molecule has 0 saturated carbocycles. The molecule has 0 aliphatic carbocycles. The van der Waals surface area contributed by atoms with E-state index in [-0.39, 0.29) is 17.9 Å². The number of fused-ring (bicyclic) bond motifs is 2. The summed E-state index contributed by atoms with van der Waals surface area (Å²) in [5.41, 5.74) is 2.40. The van der Waals surface area contributed by atoms with E-state index in [4.69, 9.17) is 26.4 Å². The Hall–Kier alpha value is -2.03. The maximum absolute atomic E-state index is 12.1. The molecule has 4 rings (SSSR count). The van der Waals surface area contributed by atoms with Crippen molar-refractivity contribution in [2.24, 2.45) is 7.05 Å². The summed E-state index contributed by atoms with van der Waals surface area (Å²) in [4.78, 5) is 12.1. The Morgan fingerprint density at radius 1 is 1.35 bits per heavy atom. The monoisotopic (exact) mass is 375 g/mol. The van der Waals surface area contributed by atoms with Gasteiger partial charge in [-0.15, -0.1) is 0 Å². The van der Waals surface area contributed by atoms with Gasteiger partial charge < -0.3 is 18.8 Å². The Bertz CT molecular complexity index is 920. The van der Waals surface area contributed by atoms with Crippen LogP contribution in [0.1, 0.15) is 29.4 Å². The molecule has 3 atom stereocenters. The summed E-state index contributed by atoms with van der Waals surface area (Å²) in [6, 6.07) is 5.74. The first-order valence-corrected chi connectivity index (χ1v) is 8.99.